The maximum atomic E-state index is 12.1. The molecule has 0 saturated heterocycles. The molecule has 0 aliphatic rings. The van der Waals surface area contributed by atoms with Crippen molar-refractivity contribution in [1.82, 2.24) is 29.8 Å². The number of nitrogens with zero attached hydrogens (tertiary/aromatic N) is 6. The summed E-state index contributed by atoms with van der Waals surface area (Å²) in [4.78, 5) is 18.2. The largest absolute Gasteiger partial charge is 0.476 e. The zero-order chi connectivity index (χ0) is 35.4. The van der Waals surface area contributed by atoms with Crippen LogP contribution in [0.15, 0.2) is 133 Å². The van der Waals surface area contributed by atoms with E-state index in [2.05, 4.69) is 53.4 Å². The van der Waals surface area contributed by atoms with Crippen LogP contribution in [-0.4, -0.2) is 40.8 Å². The first kappa shape index (κ1) is 33.9. The molecule has 0 saturated carbocycles. The lowest BCUT2D eigenvalue weighted by molar-refractivity contribution is 0.0685. The number of rotatable bonds is 12. The minimum absolute atomic E-state index is 0.00396. The third-order valence-electron chi connectivity index (χ3n) is 9.08. The van der Waals surface area contributed by atoms with Gasteiger partial charge in [0.1, 0.15) is 5.82 Å². The fourth-order valence-corrected chi connectivity index (χ4v) is 7.09. The Morgan fingerprint density at radius 3 is 1.90 bits per heavy atom. The number of aryl methyl sites for hydroxylation is 1. The number of hydrogen-bond acceptors (Lipinski definition) is 5. The quantitative estimate of drug-likeness (QED) is 0.127. The molecular weight excluding hydrogens is 679 g/mol. The summed E-state index contributed by atoms with van der Waals surface area (Å²) in [6, 6.07) is 44.2. The minimum atomic E-state index is -1.10. The zero-order valence-corrected chi connectivity index (χ0v) is 29.3. The van der Waals surface area contributed by atoms with Crippen LogP contribution in [0.2, 0.25) is 10.2 Å². The smallest absolute Gasteiger partial charge is 0.355 e. The number of halogens is 2. The van der Waals surface area contributed by atoms with Gasteiger partial charge in [0.05, 0.1) is 0 Å². The van der Waals surface area contributed by atoms with E-state index in [1.807, 2.05) is 97.1 Å². The van der Waals surface area contributed by atoms with Crippen LogP contribution in [0.1, 0.15) is 58.3 Å². The molecule has 7 rings (SSSR count). The van der Waals surface area contributed by atoms with E-state index in [0.29, 0.717) is 29.6 Å². The summed E-state index contributed by atoms with van der Waals surface area (Å²) in [6.45, 7) is 2.40. The van der Waals surface area contributed by atoms with Gasteiger partial charge in [-0.3, -0.25) is 0 Å². The van der Waals surface area contributed by atoms with E-state index in [1.165, 1.54) is 0 Å². The van der Waals surface area contributed by atoms with E-state index in [0.717, 1.165) is 51.8 Å². The Morgan fingerprint density at radius 2 is 1.35 bits per heavy atom. The highest BCUT2D eigenvalue weighted by Gasteiger charge is 2.41. The molecule has 0 spiro atoms. The molecule has 5 aromatic carbocycles. The van der Waals surface area contributed by atoms with E-state index < -0.39 is 11.5 Å². The van der Waals surface area contributed by atoms with Gasteiger partial charge in [-0.1, -0.05) is 152 Å². The van der Waals surface area contributed by atoms with Gasteiger partial charge < -0.3 is 9.67 Å². The van der Waals surface area contributed by atoms with Gasteiger partial charge in [0.15, 0.2) is 16.4 Å². The molecule has 0 atom stereocenters. The lowest BCUT2D eigenvalue weighted by Gasteiger charge is -2.34. The van der Waals surface area contributed by atoms with Gasteiger partial charge in [-0.25, -0.2) is 9.78 Å². The first-order valence-electron chi connectivity index (χ1n) is 16.7. The Balaban J connectivity index is 1.30. The molecule has 0 fully saturated rings. The van der Waals surface area contributed by atoms with Crippen molar-refractivity contribution in [1.29, 1.82) is 0 Å². The first-order valence-corrected chi connectivity index (χ1v) is 17.5. The molecule has 0 amide bonds. The van der Waals surface area contributed by atoms with E-state index in [-0.39, 0.29) is 10.8 Å². The number of tetrazole rings is 1. The highest BCUT2D eigenvalue weighted by molar-refractivity contribution is 6.32. The van der Waals surface area contributed by atoms with Crippen molar-refractivity contribution in [2.75, 3.05) is 0 Å². The van der Waals surface area contributed by atoms with Gasteiger partial charge in [0, 0.05) is 23.6 Å². The maximum absolute atomic E-state index is 12.1. The SMILES string of the molecule is CCCCc1nc(Cl)c(C(=O)O)n1Cc1ccc(-c2cc(Cl)ccc2-c2nnn(C(c3ccccc3)(c3ccccc3)c3ccccc3)n2)cc1. The van der Waals surface area contributed by atoms with E-state index >= 15 is 0 Å². The highest BCUT2D eigenvalue weighted by atomic mass is 35.5. The molecule has 0 bridgehead atoms. The molecule has 254 valence electrons. The van der Waals surface area contributed by atoms with E-state index in [1.54, 1.807) is 9.36 Å². The first-order chi connectivity index (χ1) is 24.9. The van der Waals surface area contributed by atoms with Crippen LogP contribution < -0.4 is 0 Å². The summed E-state index contributed by atoms with van der Waals surface area (Å²) in [5.41, 5.74) is 5.43. The lowest BCUT2D eigenvalue weighted by atomic mass is 9.77. The normalized spacial score (nSPS) is 11.5. The Labute approximate surface area is 306 Å². The molecule has 0 aliphatic heterocycles. The number of carbonyl (C=O) groups is 1. The van der Waals surface area contributed by atoms with Gasteiger partial charge in [-0.15, -0.1) is 15.0 Å². The minimum Gasteiger partial charge on any atom is -0.476 e. The second-order valence-electron chi connectivity index (χ2n) is 12.3. The topological polar surface area (TPSA) is 98.7 Å². The third-order valence-corrected chi connectivity index (χ3v) is 9.58. The van der Waals surface area contributed by atoms with Gasteiger partial charge in [-0.2, -0.15) is 0 Å². The standard InChI is InChI=1S/C41H34Cl2N6O2/c1-2-3-19-36-44-38(43)37(40(50)51)48(36)27-28-20-22-29(23-21-28)35-26-33(42)24-25-34(35)39-45-47-49(46-39)41(30-13-7-4-8-14-30,31-15-9-5-10-16-31)32-17-11-6-12-18-32/h4-18,20-26H,2-3,19,27H2,1H3,(H,50,51). The number of imidazole rings is 1. The van der Waals surface area contributed by atoms with Crippen molar-refractivity contribution in [3.05, 3.63) is 177 Å². The van der Waals surface area contributed by atoms with Crippen LogP contribution in [0.5, 0.6) is 0 Å². The summed E-state index contributed by atoms with van der Waals surface area (Å²) < 4.78 is 1.70. The van der Waals surface area contributed by atoms with Crippen LogP contribution in [0.25, 0.3) is 22.5 Å². The van der Waals surface area contributed by atoms with Crippen molar-refractivity contribution in [2.24, 2.45) is 0 Å². The summed E-state index contributed by atoms with van der Waals surface area (Å²) in [6.07, 6.45) is 2.48. The van der Waals surface area contributed by atoms with Crippen molar-refractivity contribution in [3.63, 3.8) is 0 Å². The molecule has 51 heavy (non-hydrogen) atoms. The predicted molar refractivity (Wildman–Crippen MR) is 200 cm³/mol. The van der Waals surface area contributed by atoms with Crippen molar-refractivity contribution < 1.29 is 9.90 Å². The number of carboxylic acids is 1. The molecule has 0 radical (unpaired) electrons. The molecule has 0 unspecified atom stereocenters. The average Bonchev–Trinajstić information content (AvgIpc) is 3.77. The van der Waals surface area contributed by atoms with Gasteiger partial charge in [-0.05, 0) is 63.2 Å². The molecule has 7 aromatic rings. The average molecular weight is 714 g/mol. The van der Waals surface area contributed by atoms with Gasteiger partial charge in [0.25, 0.3) is 0 Å². The molecule has 10 heteroatoms. The zero-order valence-electron chi connectivity index (χ0n) is 27.8. The molecule has 2 aromatic heterocycles. The number of benzene rings is 5. The fraction of sp³-hybridized carbons (Fsp3) is 0.146. The fourth-order valence-electron chi connectivity index (χ4n) is 6.64. The monoisotopic (exact) mass is 712 g/mol. The third kappa shape index (κ3) is 6.56. The van der Waals surface area contributed by atoms with Crippen molar-refractivity contribution in [3.8, 4) is 22.5 Å². The molecule has 0 aliphatic carbocycles. The number of unbranched alkanes of at least 4 members (excludes halogenated alkanes) is 1. The number of hydrogen-bond donors (Lipinski definition) is 1. The Kier molecular flexibility index (Phi) is 9.79. The van der Waals surface area contributed by atoms with Crippen LogP contribution in [0, 0.1) is 0 Å². The predicted octanol–water partition coefficient (Wildman–Crippen LogP) is 9.44. The number of carboxylic acid groups (broad SMARTS) is 1. The summed E-state index contributed by atoms with van der Waals surface area (Å²) in [5.74, 6) is -0.00312. The Morgan fingerprint density at radius 1 is 0.765 bits per heavy atom. The molecular formula is C41H34Cl2N6O2. The second-order valence-corrected chi connectivity index (χ2v) is 13.1. The van der Waals surface area contributed by atoms with Gasteiger partial charge >= 0.3 is 5.97 Å². The number of aromatic nitrogens is 6. The van der Waals surface area contributed by atoms with Crippen LogP contribution >= 0.6 is 23.2 Å². The summed E-state index contributed by atoms with van der Waals surface area (Å²) >= 11 is 12.9. The van der Waals surface area contributed by atoms with E-state index in [4.69, 9.17) is 33.5 Å². The van der Waals surface area contributed by atoms with Crippen LogP contribution in [0.3, 0.4) is 0 Å². The highest BCUT2D eigenvalue weighted by Crippen LogP contribution is 2.41. The van der Waals surface area contributed by atoms with E-state index in [9.17, 15) is 9.90 Å². The summed E-state index contributed by atoms with van der Waals surface area (Å²) in [7, 11) is 0. The van der Waals surface area contributed by atoms with Gasteiger partial charge in [0.2, 0.25) is 5.82 Å². The second kappa shape index (κ2) is 14.7. The molecule has 1 N–H and O–H groups in total. The Hall–Kier alpha value is -5.57. The summed E-state index contributed by atoms with van der Waals surface area (Å²) in [5, 5.41) is 25.0. The molecule has 2 heterocycles. The number of aromatic carboxylic acids is 1. The molecule has 8 nitrogen and oxygen atoms in total. The maximum Gasteiger partial charge on any atom is 0.355 e. The lowest BCUT2D eigenvalue weighted by Crippen LogP contribution is -2.39. The van der Waals surface area contributed by atoms with Crippen LogP contribution in [-0.2, 0) is 18.5 Å². The van der Waals surface area contributed by atoms with Crippen LogP contribution in [0.4, 0.5) is 0 Å². The van der Waals surface area contributed by atoms with Crippen molar-refractivity contribution in [2.45, 2.75) is 38.3 Å². The van der Waals surface area contributed by atoms with Crippen molar-refractivity contribution >= 4 is 29.2 Å². The Bertz CT molecular complexity index is 2170.